The lowest BCUT2D eigenvalue weighted by molar-refractivity contribution is -0.114. The number of fused-ring (bicyclic) bond motifs is 1. The van der Waals surface area contributed by atoms with Crippen LogP contribution in [0, 0.1) is 0 Å². The van der Waals surface area contributed by atoms with Crippen LogP contribution in [0.15, 0.2) is 36.4 Å². The first kappa shape index (κ1) is 15.6. The molecule has 0 spiro atoms. The van der Waals surface area contributed by atoms with Crippen molar-refractivity contribution < 1.29 is 9.59 Å². The Hall–Kier alpha value is -2.25. The average molecular weight is 345 g/mol. The van der Waals surface area contributed by atoms with Gasteiger partial charge in [0.2, 0.25) is 5.91 Å². The third-order valence-corrected chi connectivity index (χ3v) is 5.18. The van der Waals surface area contributed by atoms with Gasteiger partial charge in [0.1, 0.15) is 5.01 Å². The molecule has 0 fully saturated rings. The quantitative estimate of drug-likeness (QED) is 0.786. The first-order chi connectivity index (χ1) is 11.0. The van der Waals surface area contributed by atoms with E-state index in [-0.39, 0.29) is 11.8 Å². The lowest BCUT2D eigenvalue weighted by Crippen LogP contribution is -2.25. The maximum Gasteiger partial charge on any atom is 0.264 e. The molecule has 7 heteroatoms. The summed E-state index contributed by atoms with van der Waals surface area (Å²) in [6.45, 7) is 1.91. The van der Waals surface area contributed by atoms with Crippen LogP contribution in [-0.2, 0) is 11.3 Å². The highest BCUT2D eigenvalue weighted by Crippen LogP contribution is 2.25. The molecule has 2 amide bonds. The molecule has 0 aliphatic rings. The smallest absolute Gasteiger partial charge is 0.264 e. The van der Waals surface area contributed by atoms with Crippen LogP contribution < -0.4 is 5.32 Å². The second-order valence-electron chi connectivity index (χ2n) is 5.08. The maximum atomic E-state index is 12.5. The molecular formula is C16H15N3O2S2. The molecule has 118 valence electrons. The van der Waals surface area contributed by atoms with Gasteiger partial charge < -0.3 is 10.2 Å². The van der Waals surface area contributed by atoms with E-state index in [4.69, 9.17) is 0 Å². The van der Waals surface area contributed by atoms with E-state index in [1.807, 2.05) is 24.3 Å². The number of benzene rings is 1. The minimum Gasteiger partial charge on any atom is -0.334 e. The third kappa shape index (κ3) is 3.57. The number of rotatable bonds is 4. The number of thiophene rings is 1. The summed E-state index contributed by atoms with van der Waals surface area (Å²) in [5.41, 5.74) is 0.956. The number of nitrogens with zero attached hydrogens (tertiary/aromatic N) is 2. The van der Waals surface area contributed by atoms with Crippen LogP contribution in [0.5, 0.6) is 0 Å². The molecule has 0 unspecified atom stereocenters. The number of thiazole rings is 1. The first-order valence-electron chi connectivity index (χ1n) is 7.00. The van der Waals surface area contributed by atoms with Crippen LogP contribution in [0.25, 0.3) is 10.2 Å². The van der Waals surface area contributed by atoms with Gasteiger partial charge in [-0.15, -0.1) is 22.7 Å². The highest BCUT2D eigenvalue weighted by atomic mass is 32.1. The molecular weight excluding hydrogens is 330 g/mol. The zero-order chi connectivity index (χ0) is 16.4. The monoisotopic (exact) mass is 345 g/mol. The molecule has 3 aromatic rings. The Kier molecular flexibility index (Phi) is 4.40. The van der Waals surface area contributed by atoms with Gasteiger partial charge in [0, 0.05) is 14.0 Å². The fraction of sp³-hybridized carbons (Fsp3) is 0.188. The van der Waals surface area contributed by atoms with Crippen LogP contribution in [0.1, 0.15) is 21.6 Å². The van der Waals surface area contributed by atoms with Crippen LogP contribution in [0.4, 0.5) is 5.00 Å². The third-order valence-electron chi connectivity index (χ3n) is 3.17. The Morgan fingerprint density at radius 2 is 1.96 bits per heavy atom. The maximum absolute atomic E-state index is 12.5. The van der Waals surface area contributed by atoms with E-state index in [2.05, 4.69) is 10.3 Å². The van der Waals surface area contributed by atoms with Gasteiger partial charge in [-0.05, 0) is 24.3 Å². The molecule has 23 heavy (non-hydrogen) atoms. The molecule has 0 saturated carbocycles. The number of aromatic nitrogens is 1. The van der Waals surface area contributed by atoms with Crippen molar-refractivity contribution in [1.82, 2.24) is 9.88 Å². The molecule has 0 saturated heterocycles. The van der Waals surface area contributed by atoms with Crippen LogP contribution in [0.2, 0.25) is 0 Å². The number of carbonyl (C=O) groups is 2. The number of anilines is 1. The minimum absolute atomic E-state index is 0.0779. The fourth-order valence-corrected chi connectivity index (χ4v) is 4.11. The van der Waals surface area contributed by atoms with Gasteiger partial charge in [0.05, 0.1) is 26.6 Å². The Balaban J connectivity index is 1.71. The molecule has 0 aliphatic heterocycles. The fourth-order valence-electron chi connectivity index (χ4n) is 2.14. The molecule has 0 atom stereocenters. The summed E-state index contributed by atoms with van der Waals surface area (Å²) >= 11 is 2.87. The van der Waals surface area contributed by atoms with Crippen molar-refractivity contribution in [2.45, 2.75) is 13.5 Å². The largest absolute Gasteiger partial charge is 0.334 e. The number of nitrogens with one attached hydrogen (secondary N) is 1. The molecule has 0 radical (unpaired) electrons. The molecule has 3 rings (SSSR count). The van der Waals surface area contributed by atoms with E-state index in [0.717, 1.165) is 15.2 Å². The second kappa shape index (κ2) is 6.47. The van der Waals surface area contributed by atoms with Crippen LogP contribution in [-0.4, -0.2) is 28.7 Å². The summed E-state index contributed by atoms with van der Waals surface area (Å²) in [4.78, 5) is 30.3. The van der Waals surface area contributed by atoms with Gasteiger partial charge in [-0.3, -0.25) is 9.59 Å². The van der Waals surface area contributed by atoms with E-state index < -0.39 is 0 Å². The van der Waals surface area contributed by atoms with Gasteiger partial charge in [-0.25, -0.2) is 4.98 Å². The molecule has 0 bridgehead atoms. The van der Waals surface area contributed by atoms with Crippen molar-refractivity contribution in [3.63, 3.8) is 0 Å². The van der Waals surface area contributed by atoms with Crippen molar-refractivity contribution in [3.05, 3.63) is 46.3 Å². The van der Waals surface area contributed by atoms with E-state index >= 15 is 0 Å². The SMILES string of the molecule is CC(=O)Nc1ccc(C(=O)N(C)Cc2nc3ccccc3s2)s1. The lowest BCUT2D eigenvalue weighted by Gasteiger charge is -2.14. The summed E-state index contributed by atoms with van der Waals surface area (Å²) in [6, 6.07) is 11.4. The summed E-state index contributed by atoms with van der Waals surface area (Å²) < 4.78 is 1.12. The number of carbonyl (C=O) groups excluding carboxylic acids is 2. The van der Waals surface area contributed by atoms with Crippen molar-refractivity contribution in [2.75, 3.05) is 12.4 Å². The number of hydrogen-bond acceptors (Lipinski definition) is 5. The summed E-state index contributed by atoms with van der Waals surface area (Å²) in [6.07, 6.45) is 0. The predicted octanol–water partition coefficient (Wildman–Crippen LogP) is 3.59. The lowest BCUT2D eigenvalue weighted by atomic mass is 10.3. The number of hydrogen-bond donors (Lipinski definition) is 1. The topological polar surface area (TPSA) is 62.3 Å². The van der Waals surface area contributed by atoms with E-state index in [0.29, 0.717) is 16.4 Å². The normalized spacial score (nSPS) is 10.7. The van der Waals surface area contributed by atoms with Gasteiger partial charge in [0.25, 0.3) is 5.91 Å². The molecule has 1 N–H and O–H groups in total. The van der Waals surface area contributed by atoms with Crippen molar-refractivity contribution >= 4 is 49.7 Å². The highest BCUT2D eigenvalue weighted by Gasteiger charge is 2.16. The summed E-state index contributed by atoms with van der Waals surface area (Å²) in [5, 5.41) is 4.26. The van der Waals surface area contributed by atoms with Gasteiger partial charge in [0.15, 0.2) is 0 Å². The minimum atomic E-state index is -0.145. The Morgan fingerprint density at radius 3 is 2.70 bits per heavy atom. The van der Waals surface area contributed by atoms with E-state index in [1.54, 1.807) is 35.4 Å². The van der Waals surface area contributed by atoms with Crippen molar-refractivity contribution in [3.8, 4) is 0 Å². The second-order valence-corrected chi connectivity index (χ2v) is 7.28. The summed E-state index contributed by atoms with van der Waals surface area (Å²) in [5.74, 6) is -0.223. The van der Waals surface area contributed by atoms with Gasteiger partial charge in [-0.2, -0.15) is 0 Å². The predicted molar refractivity (Wildman–Crippen MR) is 94.0 cm³/mol. The van der Waals surface area contributed by atoms with Crippen LogP contribution >= 0.6 is 22.7 Å². The van der Waals surface area contributed by atoms with Gasteiger partial charge >= 0.3 is 0 Å². The molecule has 1 aromatic carbocycles. The molecule has 2 aromatic heterocycles. The zero-order valence-electron chi connectivity index (χ0n) is 12.7. The number of para-hydroxylation sites is 1. The Labute approximate surface area is 141 Å². The molecule has 5 nitrogen and oxygen atoms in total. The van der Waals surface area contributed by atoms with Crippen molar-refractivity contribution in [2.24, 2.45) is 0 Å². The standard InChI is InChI=1S/C16H15N3O2S2/c1-10(20)17-14-8-7-13(23-14)16(21)19(2)9-15-18-11-5-3-4-6-12(11)22-15/h3-8H,9H2,1-2H3,(H,17,20). The van der Waals surface area contributed by atoms with Gasteiger partial charge in [-0.1, -0.05) is 12.1 Å². The number of amides is 2. The molecule has 0 aliphatic carbocycles. The first-order valence-corrected chi connectivity index (χ1v) is 8.63. The van der Waals surface area contributed by atoms with E-state index in [1.165, 1.54) is 18.3 Å². The van der Waals surface area contributed by atoms with E-state index in [9.17, 15) is 9.59 Å². The Bertz CT molecular complexity index is 836. The van der Waals surface area contributed by atoms with Crippen molar-refractivity contribution in [1.29, 1.82) is 0 Å². The Morgan fingerprint density at radius 1 is 1.17 bits per heavy atom. The average Bonchev–Trinajstić information content (AvgIpc) is 3.11. The van der Waals surface area contributed by atoms with Crippen LogP contribution in [0.3, 0.4) is 0 Å². The highest BCUT2D eigenvalue weighted by molar-refractivity contribution is 7.18. The molecule has 2 heterocycles. The zero-order valence-corrected chi connectivity index (χ0v) is 14.3. The summed E-state index contributed by atoms with van der Waals surface area (Å²) in [7, 11) is 1.76.